The summed E-state index contributed by atoms with van der Waals surface area (Å²) in [6, 6.07) is 4.79. The van der Waals surface area contributed by atoms with Crippen LogP contribution in [-0.4, -0.2) is 71.1 Å². The second-order valence-electron chi connectivity index (χ2n) is 6.53. The summed E-state index contributed by atoms with van der Waals surface area (Å²) in [6.07, 6.45) is -4.42. The van der Waals surface area contributed by atoms with E-state index in [1.165, 1.54) is 17.0 Å². The van der Waals surface area contributed by atoms with Gasteiger partial charge in [-0.2, -0.15) is 18.2 Å². The Kier molecular flexibility index (Phi) is 5.36. The Morgan fingerprint density at radius 1 is 1.22 bits per heavy atom. The first kappa shape index (κ1) is 19.2. The van der Waals surface area contributed by atoms with Gasteiger partial charge in [0, 0.05) is 45.8 Å². The second kappa shape index (κ2) is 7.55. The van der Waals surface area contributed by atoms with Gasteiger partial charge >= 0.3 is 12.2 Å². The van der Waals surface area contributed by atoms with Crippen LogP contribution in [0.1, 0.15) is 11.5 Å². The zero-order chi connectivity index (χ0) is 19.6. The molecular weight excluding hydrogens is 363 g/mol. The summed E-state index contributed by atoms with van der Waals surface area (Å²) in [4.78, 5) is 21.5. The number of amides is 2. The number of nitrogens with zero attached hydrogens (tertiary/aromatic N) is 5. The van der Waals surface area contributed by atoms with Gasteiger partial charge in [0.15, 0.2) is 0 Å². The van der Waals surface area contributed by atoms with Gasteiger partial charge in [0.05, 0.1) is 12.1 Å². The summed E-state index contributed by atoms with van der Waals surface area (Å²) in [6.45, 7) is 2.87. The molecule has 27 heavy (non-hydrogen) atoms. The van der Waals surface area contributed by atoms with E-state index in [1.807, 2.05) is 0 Å². The van der Waals surface area contributed by atoms with Crippen LogP contribution in [0.2, 0.25) is 0 Å². The molecule has 0 unspecified atom stereocenters. The molecule has 2 aromatic rings. The smallest absolute Gasteiger partial charge is 0.338 e. The Morgan fingerprint density at radius 2 is 1.93 bits per heavy atom. The third-order valence-electron chi connectivity index (χ3n) is 4.30. The lowest BCUT2D eigenvalue weighted by Gasteiger charge is -2.35. The van der Waals surface area contributed by atoms with Crippen LogP contribution in [0.4, 0.5) is 18.0 Å². The van der Waals surface area contributed by atoms with Gasteiger partial charge in [-0.1, -0.05) is 17.3 Å². The predicted octanol–water partition coefficient (Wildman–Crippen LogP) is 2.55. The highest BCUT2D eigenvalue weighted by Crippen LogP contribution is 2.31. The molecular formula is C17H20F3N5O2. The molecule has 3 rings (SSSR count). The standard InChI is InChI=1S/C17H20F3N5O2/c1-23(2)16(26)25-8-6-24(7-9-25)11-14-21-15(22-27-14)12-4-3-5-13(10-12)17(18,19)20/h3-5,10H,6-9,11H2,1-2H3. The molecule has 1 saturated heterocycles. The number of carbonyl (C=O) groups is 1. The number of carbonyl (C=O) groups excluding carboxylic acids is 1. The normalized spacial score (nSPS) is 15.8. The Balaban J connectivity index is 1.62. The van der Waals surface area contributed by atoms with Crippen molar-refractivity contribution in [2.75, 3.05) is 40.3 Å². The van der Waals surface area contributed by atoms with Crippen molar-refractivity contribution in [3.8, 4) is 11.4 Å². The topological polar surface area (TPSA) is 65.7 Å². The molecule has 1 fully saturated rings. The Morgan fingerprint density at radius 3 is 2.56 bits per heavy atom. The highest BCUT2D eigenvalue weighted by molar-refractivity contribution is 5.73. The average molecular weight is 383 g/mol. The van der Waals surface area contributed by atoms with E-state index in [9.17, 15) is 18.0 Å². The highest BCUT2D eigenvalue weighted by atomic mass is 19.4. The van der Waals surface area contributed by atoms with Crippen molar-refractivity contribution in [3.05, 3.63) is 35.7 Å². The quantitative estimate of drug-likeness (QED) is 0.815. The minimum atomic E-state index is -4.42. The summed E-state index contributed by atoms with van der Waals surface area (Å²) in [5, 5.41) is 3.79. The lowest BCUT2D eigenvalue weighted by atomic mass is 10.1. The molecule has 0 bridgehead atoms. The number of piperazine rings is 1. The van der Waals surface area contributed by atoms with Crippen LogP contribution in [0.5, 0.6) is 0 Å². The Labute approximate surface area is 154 Å². The maximum atomic E-state index is 12.8. The molecule has 1 aromatic carbocycles. The Bertz CT molecular complexity index is 798. The minimum Gasteiger partial charge on any atom is -0.338 e. The molecule has 1 aromatic heterocycles. The summed E-state index contributed by atoms with van der Waals surface area (Å²) in [5.41, 5.74) is -0.505. The van der Waals surface area contributed by atoms with Gasteiger partial charge in [0.25, 0.3) is 0 Å². The van der Waals surface area contributed by atoms with E-state index in [2.05, 4.69) is 15.0 Å². The van der Waals surface area contributed by atoms with Crippen LogP contribution in [0.25, 0.3) is 11.4 Å². The molecule has 146 valence electrons. The molecule has 0 atom stereocenters. The third kappa shape index (κ3) is 4.57. The highest BCUT2D eigenvalue weighted by Gasteiger charge is 2.31. The maximum absolute atomic E-state index is 12.8. The molecule has 0 aliphatic carbocycles. The number of rotatable bonds is 3. The van der Waals surface area contributed by atoms with E-state index < -0.39 is 11.7 Å². The van der Waals surface area contributed by atoms with Crippen LogP contribution in [-0.2, 0) is 12.7 Å². The van der Waals surface area contributed by atoms with Crippen LogP contribution in [0.15, 0.2) is 28.8 Å². The van der Waals surface area contributed by atoms with Gasteiger partial charge in [-0.25, -0.2) is 4.79 Å². The number of halogens is 3. The predicted molar refractivity (Wildman–Crippen MR) is 90.7 cm³/mol. The molecule has 2 amide bonds. The second-order valence-corrected chi connectivity index (χ2v) is 6.53. The molecule has 1 aliphatic heterocycles. The monoisotopic (exact) mass is 383 g/mol. The molecule has 0 radical (unpaired) electrons. The molecule has 0 saturated carbocycles. The van der Waals surface area contributed by atoms with Crippen molar-refractivity contribution < 1.29 is 22.5 Å². The van der Waals surface area contributed by atoms with Gasteiger partial charge < -0.3 is 14.3 Å². The van der Waals surface area contributed by atoms with Crippen molar-refractivity contribution in [3.63, 3.8) is 0 Å². The van der Waals surface area contributed by atoms with E-state index in [1.54, 1.807) is 19.0 Å². The largest absolute Gasteiger partial charge is 0.416 e. The summed E-state index contributed by atoms with van der Waals surface area (Å²) < 4.78 is 43.7. The first-order chi connectivity index (χ1) is 12.7. The molecule has 2 heterocycles. The van der Waals surface area contributed by atoms with Crippen molar-refractivity contribution in [2.24, 2.45) is 0 Å². The van der Waals surface area contributed by atoms with Crippen LogP contribution in [0.3, 0.4) is 0 Å². The fraction of sp³-hybridized carbons (Fsp3) is 0.471. The van der Waals surface area contributed by atoms with Crippen molar-refractivity contribution in [1.29, 1.82) is 0 Å². The number of urea groups is 1. The number of benzene rings is 1. The summed E-state index contributed by atoms with van der Waals surface area (Å²) >= 11 is 0. The van der Waals surface area contributed by atoms with Crippen molar-refractivity contribution >= 4 is 6.03 Å². The van der Waals surface area contributed by atoms with Gasteiger partial charge in [0.2, 0.25) is 11.7 Å². The summed E-state index contributed by atoms with van der Waals surface area (Å²) in [7, 11) is 3.42. The van der Waals surface area contributed by atoms with Gasteiger partial charge in [-0.05, 0) is 12.1 Å². The molecule has 10 heteroatoms. The fourth-order valence-electron chi connectivity index (χ4n) is 2.84. The lowest BCUT2D eigenvalue weighted by molar-refractivity contribution is -0.137. The number of hydrogen-bond acceptors (Lipinski definition) is 5. The van der Waals surface area contributed by atoms with E-state index in [-0.39, 0.29) is 17.4 Å². The first-order valence-corrected chi connectivity index (χ1v) is 8.43. The average Bonchev–Trinajstić information content (AvgIpc) is 3.09. The lowest BCUT2D eigenvalue weighted by Crippen LogP contribution is -2.51. The minimum absolute atomic E-state index is 0.0285. The fourth-order valence-corrected chi connectivity index (χ4v) is 2.84. The van der Waals surface area contributed by atoms with Gasteiger partial charge in [-0.3, -0.25) is 4.90 Å². The van der Waals surface area contributed by atoms with Crippen LogP contribution >= 0.6 is 0 Å². The van der Waals surface area contributed by atoms with Crippen LogP contribution in [0, 0.1) is 0 Å². The van der Waals surface area contributed by atoms with E-state index in [0.717, 1.165) is 12.1 Å². The Hall–Kier alpha value is -2.62. The van der Waals surface area contributed by atoms with Crippen molar-refractivity contribution in [2.45, 2.75) is 12.7 Å². The van der Waals surface area contributed by atoms with Crippen molar-refractivity contribution in [1.82, 2.24) is 24.8 Å². The number of alkyl halides is 3. The van der Waals surface area contributed by atoms with E-state index in [0.29, 0.717) is 38.6 Å². The maximum Gasteiger partial charge on any atom is 0.416 e. The molecule has 7 nitrogen and oxygen atoms in total. The molecule has 0 N–H and O–H groups in total. The molecule has 1 aliphatic rings. The van der Waals surface area contributed by atoms with E-state index in [4.69, 9.17) is 4.52 Å². The zero-order valence-electron chi connectivity index (χ0n) is 15.0. The summed E-state index contributed by atoms with van der Waals surface area (Å²) in [5.74, 6) is 0.451. The number of hydrogen-bond donors (Lipinski definition) is 0. The molecule has 0 spiro atoms. The van der Waals surface area contributed by atoms with E-state index >= 15 is 0 Å². The van der Waals surface area contributed by atoms with Crippen LogP contribution < -0.4 is 0 Å². The SMILES string of the molecule is CN(C)C(=O)N1CCN(Cc2nc(-c3cccc(C(F)(F)F)c3)no2)CC1. The van der Waals surface area contributed by atoms with Gasteiger partial charge in [-0.15, -0.1) is 0 Å². The first-order valence-electron chi connectivity index (χ1n) is 8.43. The van der Waals surface area contributed by atoms with Gasteiger partial charge in [0.1, 0.15) is 0 Å². The zero-order valence-corrected chi connectivity index (χ0v) is 15.0. The number of aromatic nitrogens is 2. The third-order valence-corrected chi connectivity index (χ3v) is 4.30.